The van der Waals surface area contributed by atoms with E-state index >= 15 is 0 Å². The topological polar surface area (TPSA) is 129 Å². The summed E-state index contributed by atoms with van der Waals surface area (Å²) in [5.41, 5.74) is 0.208. The van der Waals surface area contributed by atoms with Crippen LogP contribution < -0.4 is 0 Å². The molecule has 0 atom stereocenters. The minimum absolute atomic E-state index is 0.208. The van der Waals surface area contributed by atoms with E-state index in [2.05, 4.69) is 0 Å². The first-order valence-corrected chi connectivity index (χ1v) is 4.59. The Kier molecular flexibility index (Phi) is 6.60. The van der Waals surface area contributed by atoms with Crippen molar-refractivity contribution in [3.05, 3.63) is 35.9 Å². The molecule has 1 aromatic carbocycles. The average molecular weight is 254 g/mol. The van der Waals surface area contributed by atoms with Gasteiger partial charge in [-0.15, -0.1) is 0 Å². The Balaban J connectivity index is 0.000000360. The van der Waals surface area contributed by atoms with E-state index in [1.807, 2.05) is 0 Å². The molecule has 0 aliphatic rings. The molecule has 7 nitrogen and oxygen atoms in total. The van der Waals surface area contributed by atoms with Crippen molar-refractivity contribution >= 4 is 23.5 Å². The van der Waals surface area contributed by atoms with E-state index in [0.717, 1.165) is 0 Å². The van der Waals surface area contributed by atoms with E-state index < -0.39 is 30.1 Å². The Hall–Kier alpha value is -2.54. The minimum atomic E-state index is -1.59. The second-order valence-corrected chi connectivity index (χ2v) is 2.89. The van der Waals surface area contributed by atoms with Crippen LogP contribution in [0.3, 0.4) is 0 Å². The quantitative estimate of drug-likeness (QED) is 0.491. The molecule has 18 heavy (non-hydrogen) atoms. The molecule has 0 aliphatic carbocycles. The summed E-state index contributed by atoms with van der Waals surface area (Å²) < 4.78 is 0. The van der Waals surface area contributed by atoms with Gasteiger partial charge in [0.25, 0.3) is 11.6 Å². The normalized spacial score (nSPS) is 8.72. The third-order valence-electron chi connectivity index (χ3n) is 1.61. The molecule has 1 aromatic rings. The molecule has 0 bridgehead atoms. The fourth-order valence-electron chi connectivity index (χ4n) is 0.781. The third kappa shape index (κ3) is 5.52. The number of carbonyl (C=O) groups is 4. The molecule has 0 amide bonds. The molecule has 3 N–H and O–H groups in total. The molecule has 0 aromatic heterocycles. The van der Waals surface area contributed by atoms with Gasteiger partial charge in [0, 0.05) is 5.56 Å². The highest BCUT2D eigenvalue weighted by molar-refractivity contribution is 6.39. The summed E-state index contributed by atoms with van der Waals surface area (Å²) in [4.78, 5) is 40.0. The van der Waals surface area contributed by atoms with Crippen LogP contribution in [-0.4, -0.2) is 45.4 Å². The molecule has 7 heteroatoms. The molecule has 0 aliphatic heterocycles. The zero-order valence-electron chi connectivity index (χ0n) is 9.07. The fourth-order valence-corrected chi connectivity index (χ4v) is 0.781. The number of carboxylic acids is 2. The highest BCUT2D eigenvalue weighted by Gasteiger charge is 2.12. The van der Waals surface area contributed by atoms with Crippen LogP contribution in [0.15, 0.2) is 30.3 Å². The van der Waals surface area contributed by atoms with Crippen molar-refractivity contribution in [1.29, 1.82) is 0 Å². The van der Waals surface area contributed by atoms with Crippen LogP contribution in [0.5, 0.6) is 0 Å². The monoisotopic (exact) mass is 254 g/mol. The number of ketones is 2. The number of aliphatic hydroxyl groups excluding tert-OH is 1. The van der Waals surface area contributed by atoms with Crippen molar-refractivity contribution in [1.82, 2.24) is 0 Å². The fraction of sp³-hybridized carbons (Fsp3) is 0.0909. The predicted molar refractivity (Wildman–Crippen MR) is 58.1 cm³/mol. The molecule has 0 saturated carbocycles. The van der Waals surface area contributed by atoms with E-state index in [-0.39, 0.29) is 5.56 Å². The van der Waals surface area contributed by atoms with Crippen LogP contribution in [0, 0.1) is 0 Å². The van der Waals surface area contributed by atoms with Crippen molar-refractivity contribution in [2.75, 3.05) is 6.61 Å². The summed E-state index contributed by atoms with van der Waals surface area (Å²) in [5, 5.41) is 23.7. The van der Waals surface area contributed by atoms with E-state index in [4.69, 9.17) is 15.3 Å². The predicted octanol–water partition coefficient (Wildman–Crippen LogP) is -0.414. The first-order chi connectivity index (χ1) is 8.40. The van der Waals surface area contributed by atoms with Crippen molar-refractivity contribution in [2.24, 2.45) is 0 Å². The Morgan fingerprint density at radius 3 is 1.67 bits per heavy atom. The Morgan fingerprint density at radius 2 is 1.39 bits per heavy atom. The molecule has 0 spiro atoms. The van der Waals surface area contributed by atoms with Gasteiger partial charge in [0.2, 0.25) is 0 Å². The average Bonchev–Trinajstić information content (AvgIpc) is 2.38. The van der Waals surface area contributed by atoms with Gasteiger partial charge in [0.15, 0.2) is 0 Å². The van der Waals surface area contributed by atoms with Gasteiger partial charge >= 0.3 is 11.9 Å². The van der Waals surface area contributed by atoms with E-state index in [1.54, 1.807) is 18.2 Å². The summed E-state index contributed by atoms with van der Waals surface area (Å²) in [6, 6.07) is 7.90. The maximum Gasteiger partial charge on any atom is 0.377 e. The lowest BCUT2D eigenvalue weighted by Crippen LogP contribution is -2.15. The maximum absolute atomic E-state index is 10.7. The summed E-state index contributed by atoms with van der Waals surface area (Å²) in [6.07, 6.45) is 0. The van der Waals surface area contributed by atoms with Gasteiger partial charge in [-0.3, -0.25) is 9.59 Å². The molecule has 96 valence electrons. The number of aliphatic carboxylic acids is 2. The number of hydrogen-bond acceptors (Lipinski definition) is 5. The molecular weight excluding hydrogens is 244 g/mol. The SMILES string of the molecule is O=C(O)C(=O)CO.O=C(O)C(=O)c1ccccc1. The van der Waals surface area contributed by atoms with Gasteiger partial charge in [-0.1, -0.05) is 30.3 Å². The second-order valence-electron chi connectivity index (χ2n) is 2.89. The highest BCUT2D eigenvalue weighted by atomic mass is 16.4. The first-order valence-electron chi connectivity index (χ1n) is 4.59. The molecule has 0 saturated heterocycles. The van der Waals surface area contributed by atoms with Crippen LogP contribution in [0.2, 0.25) is 0 Å². The zero-order valence-corrected chi connectivity index (χ0v) is 9.07. The Labute approximate surface area is 101 Å². The van der Waals surface area contributed by atoms with Gasteiger partial charge in [-0.25, -0.2) is 9.59 Å². The van der Waals surface area contributed by atoms with Gasteiger partial charge in [-0.05, 0) is 0 Å². The van der Waals surface area contributed by atoms with E-state index in [9.17, 15) is 19.2 Å². The Morgan fingerprint density at radius 1 is 0.889 bits per heavy atom. The maximum atomic E-state index is 10.7. The number of carbonyl (C=O) groups excluding carboxylic acids is 2. The van der Waals surface area contributed by atoms with Crippen molar-refractivity contribution in [3.63, 3.8) is 0 Å². The highest BCUT2D eigenvalue weighted by Crippen LogP contribution is 1.98. The van der Waals surface area contributed by atoms with Crippen molar-refractivity contribution in [2.45, 2.75) is 0 Å². The van der Waals surface area contributed by atoms with Crippen LogP contribution in [-0.2, 0) is 14.4 Å². The molecule has 0 heterocycles. The van der Waals surface area contributed by atoms with Gasteiger partial charge in [0.05, 0.1) is 0 Å². The molecule has 0 unspecified atom stereocenters. The van der Waals surface area contributed by atoms with Crippen LogP contribution >= 0.6 is 0 Å². The van der Waals surface area contributed by atoms with Gasteiger partial charge in [-0.2, -0.15) is 0 Å². The van der Waals surface area contributed by atoms with Crippen LogP contribution in [0.4, 0.5) is 0 Å². The number of Topliss-reactive ketones (excluding diaryl/α,β-unsaturated/α-hetero) is 2. The largest absolute Gasteiger partial charge is 0.475 e. The molecular formula is C11H10O7. The standard InChI is InChI=1S/C8H6O3.C3H4O4/c9-7(8(10)11)6-4-2-1-3-5-6;4-1-2(5)3(6)7/h1-5H,(H,10,11);4H,1H2,(H,6,7). The van der Waals surface area contributed by atoms with Gasteiger partial charge < -0.3 is 15.3 Å². The van der Waals surface area contributed by atoms with Crippen LogP contribution in [0.1, 0.15) is 10.4 Å². The Bertz CT molecular complexity index is 450. The molecule has 0 fully saturated rings. The lowest BCUT2D eigenvalue weighted by atomic mass is 10.1. The number of aliphatic hydroxyl groups is 1. The van der Waals surface area contributed by atoms with E-state index in [1.165, 1.54) is 12.1 Å². The smallest absolute Gasteiger partial charge is 0.377 e. The zero-order chi connectivity index (χ0) is 14.1. The second kappa shape index (κ2) is 7.69. The van der Waals surface area contributed by atoms with Crippen LogP contribution in [0.25, 0.3) is 0 Å². The van der Waals surface area contributed by atoms with E-state index in [0.29, 0.717) is 0 Å². The number of carboxylic acid groups (broad SMARTS) is 2. The molecule has 0 radical (unpaired) electrons. The first kappa shape index (κ1) is 15.5. The van der Waals surface area contributed by atoms with Gasteiger partial charge in [0.1, 0.15) is 6.61 Å². The number of hydrogen-bond donors (Lipinski definition) is 3. The third-order valence-corrected chi connectivity index (χ3v) is 1.61. The number of rotatable bonds is 4. The molecule has 1 rings (SSSR count). The van der Waals surface area contributed by atoms with Crippen molar-refractivity contribution < 1.29 is 34.5 Å². The lowest BCUT2D eigenvalue weighted by Gasteiger charge is -1.91. The summed E-state index contributed by atoms with van der Waals surface area (Å²) in [7, 11) is 0. The lowest BCUT2D eigenvalue weighted by molar-refractivity contribution is -0.150. The minimum Gasteiger partial charge on any atom is -0.475 e. The number of benzene rings is 1. The summed E-state index contributed by atoms with van der Waals surface area (Å²) >= 11 is 0. The summed E-state index contributed by atoms with van der Waals surface area (Å²) in [5.74, 6) is -5.07. The van der Waals surface area contributed by atoms with Crippen molar-refractivity contribution in [3.8, 4) is 0 Å². The summed E-state index contributed by atoms with van der Waals surface area (Å²) in [6.45, 7) is -0.921.